The summed E-state index contributed by atoms with van der Waals surface area (Å²) in [7, 11) is 0. The van der Waals surface area contributed by atoms with Crippen molar-refractivity contribution in [3.63, 3.8) is 0 Å². The van der Waals surface area contributed by atoms with E-state index < -0.39 is 36.5 Å². The molecule has 1 amide bonds. The number of alkyl carbamates (subject to hydrolysis) is 1. The van der Waals surface area contributed by atoms with E-state index >= 15 is 0 Å². The van der Waals surface area contributed by atoms with E-state index in [-0.39, 0.29) is 17.9 Å². The second-order valence-corrected chi connectivity index (χ2v) is 6.12. The molecule has 0 saturated heterocycles. The van der Waals surface area contributed by atoms with Crippen molar-refractivity contribution < 1.29 is 34.4 Å². The highest BCUT2D eigenvalue weighted by atomic mass is 16.6. The van der Waals surface area contributed by atoms with Gasteiger partial charge in [0.05, 0.1) is 0 Å². The number of rotatable bonds is 7. The van der Waals surface area contributed by atoms with Gasteiger partial charge in [0.25, 0.3) is 0 Å². The Morgan fingerprint density at radius 1 is 1.21 bits per heavy atom. The average Bonchev–Trinajstić information content (AvgIpc) is 2.48. The summed E-state index contributed by atoms with van der Waals surface area (Å²) in [4.78, 5) is 22.1. The zero-order valence-electron chi connectivity index (χ0n) is 13.9. The van der Waals surface area contributed by atoms with Crippen molar-refractivity contribution >= 4 is 12.1 Å². The molecule has 1 aromatic carbocycles. The first-order valence-corrected chi connectivity index (χ1v) is 7.36. The molecule has 2 atom stereocenters. The quantitative estimate of drug-likeness (QED) is 0.584. The number of hydrogen-bond acceptors (Lipinski definition) is 6. The van der Waals surface area contributed by atoms with E-state index in [9.17, 15) is 19.8 Å². The van der Waals surface area contributed by atoms with Crippen LogP contribution in [0.25, 0.3) is 0 Å². The fraction of sp³-hybridized carbons (Fsp3) is 0.500. The predicted octanol–water partition coefficient (Wildman–Crippen LogP) is 1.07. The van der Waals surface area contributed by atoms with Crippen molar-refractivity contribution in [3.8, 4) is 5.75 Å². The molecule has 0 fully saturated rings. The molecule has 0 aliphatic heterocycles. The number of nitrogens with one attached hydrogen (secondary N) is 1. The molecule has 2 unspecified atom stereocenters. The monoisotopic (exact) mass is 341 g/mol. The number of aliphatic hydroxyl groups is 2. The van der Waals surface area contributed by atoms with Gasteiger partial charge in [-0.15, -0.1) is 0 Å². The van der Waals surface area contributed by atoms with Crippen molar-refractivity contribution in [2.24, 2.45) is 0 Å². The Kier molecular flexibility index (Phi) is 6.99. The summed E-state index contributed by atoms with van der Waals surface area (Å²) < 4.78 is 10.1. The average molecular weight is 341 g/mol. The van der Waals surface area contributed by atoms with E-state index in [1.165, 1.54) is 12.1 Å². The minimum absolute atomic E-state index is 0.142. The minimum atomic E-state index is -1.37. The number of ether oxygens (including phenoxy) is 2. The molecule has 1 rings (SSSR count). The molecule has 4 N–H and O–H groups in total. The van der Waals surface area contributed by atoms with Crippen LogP contribution in [0.15, 0.2) is 24.3 Å². The third-order valence-corrected chi connectivity index (χ3v) is 2.81. The lowest BCUT2D eigenvalue weighted by Crippen LogP contribution is -2.38. The molecule has 0 heterocycles. The van der Waals surface area contributed by atoms with E-state index in [2.05, 4.69) is 5.32 Å². The number of amides is 1. The van der Waals surface area contributed by atoms with E-state index in [1.807, 2.05) is 0 Å². The lowest BCUT2D eigenvalue weighted by molar-refractivity contribution is -0.139. The number of aliphatic carboxylic acids is 1. The van der Waals surface area contributed by atoms with Gasteiger partial charge in [0.2, 0.25) is 0 Å². The molecule has 0 aliphatic rings. The summed E-state index contributed by atoms with van der Waals surface area (Å²) in [6, 6.07) is 6.20. The number of benzene rings is 1. The Morgan fingerprint density at radius 2 is 1.83 bits per heavy atom. The Morgan fingerprint density at radius 3 is 2.42 bits per heavy atom. The summed E-state index contributed by atoms with van der Waals surface area (Å²) in [5, 5.41) is 31.2. The van der Waals surface area contributed by atoms with Crippen LogP contribution in [0.2, 0.25) is 0 Å². The first-order valence-electron chi connectivity index (χ1n) is 7.36. The minimum Gasteiger partial charge on any atom is -0.482 e. The molecule has 24 heavy (non-hydrogen) atoms. The standard InChI is InChI=1S/C16H23NO7/c1-16(2,3)24-15(22)17-8-11(18)14(21)10-6-4-5-7-12(10)23-9-13(19)20/h4-7,11,14,18,21H,8-9H2,1-3H3,(H,17,22)(H,19,20). The normalized spacial score (nSPS) is 13.7. The molecular weight excluding hydrogens is 318 g/mol. The van der Waals surface area contributed by atoms with Crippen LogP contribution < -0.4 is 10.1 Å². The number of aliphatic hydroxyl groups excluding tert-OH is 2. The molecular formula is C16H23NO7. The molecule has 134 valence electrons. The van der Waals surface area contributed by atoms with Crippen molar-refractivity contribution in [1.29, 1.82) is 0 Å². The fourth-order valence-corrected chi connectivity index (χ4v) is 1.82. The smallest absolute Gasteiger partial charge is 0.407 e. The van der Waals surface area contributed by atoms with Crippen LogP contribution in [-0.4, -0.2) is 52.2 Å². The van der Waals surface area contributed by atoms with E-state index in [0.717, 1.165) is 0 Å². The molecule has 8 heteroatoms. The number of hydrogen-bond donors (Lipinski definition) is 4. The third-order valence-electron chi connectivity index (χ3n) is 2.81. The van der Waals surface area contributed by atoms with Crippen LogP contribution in [-0.2, 0) is 9.53 Å². The van der Waals surface area contributed by atoms with Crippen molar-refractivity contribution in [3.05, 3.63) is 29.8 Å². The second kappa shape index (κ2) is 8.51. The maximum Gasteiger partial charge on any atom is 0.407 e. The van der Waals surface area contributed by atoms with Gasteiger partial charge in [-0.05, 0) is 26.8 Å². The highest BCUT2D eigenvalue weighted by Crippen LogP contribution is 2.27. The highest BCUT2D eigenvalue weighted by Gasteiger charge is 2.24. The highest BCUT2D eigenvalue weighted by molar-refractivity contribution is 5.68. The summed E-state index contributed by atoms with van der Waals surface area (Å²) in [6.07, 6.45) is -3.42. The molecule has 0 aliphatic carbocycles. The van der Waals surface area contributed by atoms with Gasteiger partial charge in [-0.2, -0.15) is 0 Å². The number of carbonyl (C=O) groups is 2. The second-order valence-electron chi connectivity index (χ2n) is 6.12. The van der Waals surface area contributed by atoms with E-state index in [0.29, 0.717) is 0 Å². The van der Waals surface area contributed by atoms with Gasteiger partial charge in [-0.1, -0.05) is 18.2 Å². The number of carbonyl (C=O) groups excluding carboxylic acids is 1. The molecule has 0 aromatic heterocycles. The Balaban J connectivity index is 2.67. The van der Waals surface area contributed by atoms with Crippen molar-refractivity contribution in [1.82, 2.24) is 5.32 Å². The topological polar surface area (TPSA) is 125 Å². The number of carboxylic acid groups (broad SMARTS) is 1. The predicted molar refractivity (Wildman–Crippen MR) is 84.8 cm³/mol. The first kappa shape index (κ1) is 19.7. The van der Waals surface area contributed by atoms with Gasteiger partial charge in [-0.25, -0.2) is 9.59 Å². The molecule has 8 nitrogen and oxygen atoms in total. The van der Waals surface area contributed by atoms with Crippen LogP contribution in [0.5, 0.6) is 5.75 Å². The van der Waals surface area contributed by atoms with Gasteiger partial charge in [-0.3, -0.25) is 0 Å². The van der Waals surface area contributed by atoms with Crippen molar-refractivity contribution in [2.45, 2.75) is 38.6 Å². The zero-order valence-corrected chi connectivity index (χ0v) is 13.9. The Hall–Kier alpha value is -2.32. The van der Waals surface area contributed by atoms with Crippen LogP contribution >= 0.6 is 0 Å². The molecule has 1 aromatic rings. The summed E-state index contributed by atoms with van der Waals surface area (Å²) in [6.45, 7) is 4.29. The lowest BCUT2D eigenvalue weighted by atomic mass is 10.0. The van der Waals surface area contributed by atoms with Gasteiger partial charge < -0.3 is 30.1 Å². The maximum absolute atomic E-state index is 11.6. The van der Waals surface area contributed by atoms with Gasteiger partial charge in [0.15, 0.2) is 6.61 Å². The summed E-state index contributed by atoms with van der Waals surface area (Å²) >= 11 is 0. The largest absolute Gasteiger partial charge is 0.482 e. The summed E-state index contributed by atoms with van der Waals surface area (Å²) in [5.41, 5.74) is -0.456. The van der Waals surface area contributed by atoms with E-state index in [1.54, 1.807) is 32.9 Å². The molecule has 0 saturated carbocycles. The van der Waals surface area contributed by atoms with Crippen LogP contribution in [0, 0.1) is 0 Å². The Labute approximate surface area is 140 Å². The van der Waals surface area contributed by atoms with Crippen LogP contribution in [0.3, 0.4) is 0 Å². The number of para-hydroxylation sites is 1. The molecule has 0 bridgehead atoms. The molecule has 0 spiro atoms. The Bertz CT molecular complexity index is 568. The molecule has 0 radical (unpaired) electrons. The SMILES string of the molecule is CC(C)(C)OC(=O)NCC(O)C(O)c1ccccc1OCC(=O)O. The maximum atomic E-state index is 11.6. The lowest BCUT2D eigenvalue weighted by Gasteiger charge is -2.23. The van der Waals surface area contributed by atoms with Crippen molar-refractivity contribution in [2.75, 3.05) is 13.2 Å². The van der Waals surface area contributed by atoms with Gasteiger partial charge in [0, 0.05) is 12.1 Å². The first-order chi connectivity index (χ1) is 11.1. The summed E-state index contributed by atoms with van der Waals surface area (Å²) in [5.74, 6) is -1.02. The van der Waals surface area contributed by atoms with E-state index in [4.69, 9.17) is 14.6 Å². The zero-order chi connectivity index (χ0) is 18.3. The van der Waals surface area contributed by atoms with Crippen LogP contribution in [0.4, 0.5) is 4.79 Å². The van der Waals surface area contributed by atoms with Crippen LogP contribution in [0.1, 0.15) is 32.4 Å². The van der Waals surface area contributed by atoms with Gasteiger partial charge in [0.1, 0.15) is 23.6 Å². The third kappa shape index (κ3) is 6.84. The number of carboxylic acids is 1. The fourth-order valence-electron chi connectivity index (χ4n) is 1.82. The van der Waals surface area contributed by atoms with Gasteiger partial charge >= 0.3 is 12.1 Å².